The van der Waals surface area contributed by atoms with Gasteiger partial charge in [-0.05, 0) is 67.0 Å². The van der Waals surface area contributed by atoms with Crippen LogP contribution in [0.25, 0.3) is 0 Å². The molecule has 1 N–H and O–H groups in total. The second-order valence-corrected chi connectivity index (χ2v) is 9.20. The molecular weight excluding hydrogens is 350 g/mol. The van der Waals surface area contributed by atoms with Crippen LogP contribution in [0.15, 0.2) is 78.9 Å². The average Bonchev–Trinajstić information content (AvgIpc) is 2.70. The highest BCUT2D eigenvalue weighted by Crippen LogP contribution is 2.31. The Hall–Kier alpha value is -2.54. The van der Waals surface area contributed by atoms with E-state index in [0.29, 0.717) is 12.0 Å². The first kappa shape index (κ1) is 21.2. The van der Waals surface area contributed by atoms with Gasteiger partial charge in [-0.2, -0.15) is 0 Å². The maximum absolute atomic E-state index is 3.45. The van der Waals surface area contributed by atoms with Crippen LogP contribution in [-0.2, 0) is 18.3 Å². The summed E-state index contributed by atoms with van der Waals surface area (Å²) >= 11 is 0. The van der Waals surface area contributed by atoms with Crippen LogP contribution >= 0.6 is 0 Å². The van der Waals surface area contributed by atoms with Crippen LogP contribution in [0, 0.1) is 5.92 Å². The first-order valence-corrected chi connectivity index (χ1v) is 10.8. The van der Waals surface area contributed by atoms with E-state index in [1.165, 1.54) is 27.9 Å². The second-order valence-electron chi connectivity index (χ2n) is 9.20. The van der Waals surface area contributed by atoms with Gasteiger partial charge in [-0.15, -0.1) is 0 Å². The van der Waals surface area contributed by atoms with E-state index < -0.39 is 0 Å². The summed E-state index contributed by atoms with van der Waals surface area (Å²) in [5.74, 6) is 0.617. The molecule has 0 amide bonds. The summed E-state index contributed by atoms with van der Waals surface area (Å²) in [4.78, 5) is 0. The minimum Gasteiger partial charge on any atom is -0.383 e. The Morgan fingerprint density at radius 1 is 0.655 bits per heavy atom. The predicted octanol–water partition coefficient (Wildman–Crippen LogP) is 7.25. The molecule has 0 aromatic heterocycles. The molecule has 1 atom stereocenters. The zero-order valence-electron chi connectivity index (χ0n) is 18.6. The molecule has 1 unspecified atom stereocenters. The fraction of sp³-hybridized carbons (Fsp3) is 0.357. The molecule has 0 aliphatic rings. The van der Waals surface area contributed by atoms with Crippen LogP contribution in [0.2, 0.25) is 0 Å². The van der Waals surface area contributed by atoms with Gasteiger partial charge in [0.05, 0.1) is 0 Å². The molecule has 0 bridgehead atoms. The molecule has 0 aliphatic carbocycles. The third kappa shape index (κ3) is 5.73. The molecule has 29 heavy (non-hydrogen) atoms. The van der Waals surface area contributed by atoms with Crippen molar-refractivity contribution < 1.29 is 0 Å². The molecule has 1 nitrogen and oxygen atoms in total. The Balaban J connectivity index is 1.60. The SMILES string of the molecule is CC(Cc1ccc(NC(C)C)cc1)Cc1ccc(C(C)(C)c2ccccc2)cc1. The van der Waals surface area contributed by atoms with Crippen molar-refractivity contribution in [3.8, 4) is 0 Å². The second kappa shape index (κ2) is 9.31. The fourth-order valence-electron chi connectivity index (χ4n) is 4.03. The number of rotatable bonds is 8. The molecule has 0 saturated heterocycles. The molecule has 152 valence electrons. The van der Waals surface area contributed by atoms with Crippen LogP contribution in [0.1, 0.15) is 56.9 Å². The van der Waals surface area contributed by atoms with Gasteiger partial charge in [0.2, 0.25) is 0 Å². The molecule has 0 spiro atoms. The number of anilines is 1. The summed E-state index contributed by atoms with van der Waals surface area (Å²) in [6, 6.07) is 29.4. The first-order chi connectivity index (χ1) is 13.8. The minimum absolute atomic E-state index is 0.0250. The van der Waals surface area contributed by atoms with Gasteiger partial charge in [-0.25, -0.2) is 0 Å². The molecule has 3 rings (SSSR count). The van der Waals surface area contributed by atoms with E-state index in [4.69, 9.17) is 0 Å². The van der Waals surface area contributed by atoms with Gasteiger partial charge in [0.1, 0.15) is 0 Å². The highest BCUT2D eigenvalue weighted by Gasteiger charge is 2.22. The average molecular weight is 386 g/mol. The summed E-state index contributed by atoms with van der Waals surface area (Å²) in [6.45, 7) is 11.3. The van der Waals surface area contributed by atoms with E-state index in [1.807, 2.05) is 0 Å². The topological polar surface area (TPSA) is 12.0 Å². The lowest BCUT2D eigenvalue weighted by Crippen LogP contribution is -2.18. The van der Waals surface area contributed by atoms with E-state index in [-0.39, 0.29) is 5.41 Å². The van der Waals surface area contributed by atoms with Gasteiger partial charge < -0.3 is 5.32 Å². The smallest absolute Gasteiger partial charge is 0.0342 e. The van der Waals surface area contributed by atoms with Crippen molar-refractivity contribution in [1.82, 2.24) is 0 Å². The Kier molecular flexibility index (Phi) is 6.79. The lowest BCUT2D eigenvalue weighted by atomic mass is 9.78. The third-order valence-corrected chi connectivity index (χ3v) is 5.75. The Morgan fingerprint density at radius 3 is 1.66 bits per heavy atom. The van der Waals surface area contributed by atoms with Crippen molar-refractivity contribution in [3.63, 3.8) is 0 Å². The highest BCUT2D eigenvalue weighted by atomic mass is 14.9. The quantitative estimate of drug-likeness (QED) is 0.430. The van der Waals surface area contributed by atoms with Crippen molar-refractivity contribution in [1.29, 1.82) is 0 Å². The predicted molar refractivity (Wildman–Crippen MR) is 127 cm³/mol. The molecule has 0 aliphatic heterocycles. The van der Waals surface area contributed by atoms with E-state index in [2.05, 4.69) is 119 Å². The van der Waals surface area contributed by atoms with Crippen molar-refractivity contribution in [2.75, 3.05) is 5.32 Å². The van der Waals surface area contributed by atoms with Gasteiger partial charge in [0.15, 0.2) is 0 Å². The van der Waals surface area contributed by atoms with Crippen molar-refractivity contribution >= 4 is 5.69 Å². The lowest BCUT2D eigenvalue weighted by Gasteiger charge is -2.26. The van der Waals surface area contributed by atoms with Gasteiger partial charge in [0.25, 0.3) is 0 Å². The van der Waals surface area contributed by atoms with Crippen LogP contribution < -0.4 is 5.32 Å². The van der Waals surface area contributed by atoms with Crippen LogP contribution in [0.4, 0.5) is 5.69 Å². The number of hydrogen-bond donors (Lipinski definition) is 1. The largest absolute Gasteiger partial charge is 0.383 e. The molecular formula is C28H35N. The highest BCUT2D eigenvalue weighted by molar-refractivity contribution is 5.45. The van der Waals surface area contributed by atoms with Gasteiger partial charge >= 0.3 is 0 Å². The lowest BCUT2D eigenvalue weighted by molar-refractivity contribution is 0.576. The minimum atomic E-state index is 0.0250. The molecule has 3 aromatic rings. The van der Waals surface area contributed by atoms with E-state index in [1.54, 1.807) is 0 Å². The molecule has 0 saturated carbocycles. The summed E-state index contributed by atoms with van der Waals surface area (Å²) in [5, 5.41) is 3.45. The molecule has 0 fully saturated rings. The Labute approximate surface area is 177 Å². The number of benzene rings is 3. The zero-order valence-corrected chi connectivity index (χ0v) is 18.6. The summed E-state index contributed by atoms with van der Waals surface area (Å²) in [6.07, 6.45) is 2.22. The van der Waals surface area contributed by atoms with Crippen LogP contribution in [0.5, 0.6) is 0 Å². The van der Waals surface area contributed by atoms with Crippen molar-refractivity contribution in [3.05, 3.63) is 101 Å². The number of hydrogen-bond acceptors (Lipinski definition) is 1. The van der Waals surface area contributed by atoms with Crippen LogP contribution in [0.3, 0.4) is 0 Å². The summed E-state index contributed by atoms with van der Waals surface area (Å²) in [5.41, 5.74) is 6.78. The Morgan fingerprint density at radius 2 is 1.14 bits per heavy atom. The molecule has 0 heterocycles. The maximum Gasteiger partial charge on any atom is 0.0342 e. The monoisotopic (exact) mass is 385 g/mol. The summed E-state index contributed by atoms with van der Waals surface area (Å²) < 4.78 is 0. The van der Waals surface area contributed by atoms with E-state index >= 15 is 0 Å². The number of nitrogens with one attached hydrogen (secondary N) is 1. The maximum atomic E-state index is 3.45. The molecule has 0 radical (unpaired) electrons. The van der Waals surface area contributed by atoms with Gasteiger partial charge in [-0.3, -0.25) is 0 Å². The first-order valence-electron chi connectivity index (χ1n) is 10.8. The van der Waals surface area contributed by atoms with Crippen molar-refractivity contribution in [2.45, 2.75) is 58.9 Å². The van der Waals surface area contributed by atoms with Gasteiger partial charge in [0, 0.05) is 17.1 Å². The third-order valence-electron chi connectivity index (χ3n) is 5.75. The molecule has 1 heteroatoms. The van der Waals surface area contributed by atoms with Crippen LogP contribution in [-0.4, -0.2) is 6.04 Å². The van der Waals surface area contributed by atoms with E-state index in [9.17, 15) is 0 Å². The van der Waals surface area contributed by atoms with Gasteiger partial charge in [-0.1, -0.05) is 87.5 Å². The standard InChI is InChI=1S/C28H35N/c1-21(2)29-27-17-13-24(14-18-27)20-22(3)19-23-11-15-26(16-12-23)28(4,5)25-9-7-6-8-10-25/h6-18,21-22,29H,19-20H2,1-5H3. The molecule has 3 aromatic carbocycles. The summed E-state index contributed by atoms with van der Waals surface area (Å²) in [7, 11) is 0. The van der Waals surface area contributed by atoms with E-state index in [0.717, 1.165) is 12.8 Å². The zero-order chi connectivity index (χ0) is 20.9. The Bertz CT molecular complexity index is 874. The van der Waals surface area contributed by atoms with Crippen molar-refractivity contribution in [2.24, 2.45) is 5.92 Å². The normalized spacial score (nSPS) is 12.8. The fourth-order valence-corrected chi connectivity index (χ4v) is 4.03.